The summed E-state index contributed by atoms with van der Waals surface area (Å²) in [6.07, 6.45) is 3.66. The Kier molecular flexibility index (Phi) is 5.53. The van der Waals surface area contributed by atoms with Gasteiger partial charge in [0.05, 0.1) is 6.04 Å². The largest absolute Gasteiger partial charge is 0.492 e. The smallest absolute Gasteiger partial charge is 0.119 e. The van der Waals surface area contributed by atoms with E-state index in [-0.39, 0.29) is 6.04 Å². The first-order valence-corrected chi connectivity index (χ1v) is 6.89. The van der Waals surface area contributed by atoms with E-state index in [4.69, 9.17) is 10.6 Å². The van der Waals surface area contributed by atoms with Gasteiger partial charge in [-0.2, -0.15) is 0 Å². The first-order chi connectivity index (χ1) is 9.81. The van der Waals surface area contributed by atoms with Crippen LogP contribution in [0, 0.1) is 0 Å². The van der Waals surface area contributed by atoms with Crippen molar-refractivity contribution in [1.29, 1.82) is 0 Å². The second kappa shape index (κ2) is 7.62. The van der Waals surface area contributed by atoms with Crippen LogP contribution in [0.4, 0.5) is 0 Å². The van der Waals surface area contributed by atoms with Crippen LogP contribution in [-0.4, -0.2) is 17.6 Å². The van der Waals surface area contributed by atoms with E-state index in [9.17, 15) is 0 Å². The predicted octanol–water partition coefficient (Wildman–Crippen LogP) is 2.10. The number of aryl methyl sites for hydroxylation is 1. The van der Waals surface area contributed by atoms with Gasteiger partial charge in [-0.3, -0.25) is 16.3 Å². The van der Waals surface area contributed by atoms with Gasteiger partial charge < -0.3 is 4.74 Å². The lowest BCUT2D eigenvalue weighted by atomic mass is 10.1. The SMILES string of the molecule is CCc1ccc(CC(COc2ccccc2)NN)nc1. The fraction of sp³-hybridized carbons (Fsp3) is 0.312. The van der Waals surface area contributed by atoms with E-state index in [2.05, 4.69) is 23.4 Å². The number of nitrogens with zero attached hydrogens (tertiary/aromatic N) is 1. The van der Waals surface area contributed by atoms with Gasteiger partial charge in [0.1, 0.15) is 12.4 Å². The highest BCUT2D eigenvalue weighted by atomic mass is 16.5. The van der Waals surface area contributed by atoms with Crippen LogP contribution in [0.15, 0.2) is 48.7 Å². The maximum atomic E-state index is 5.71. The number of hydrogen-bond acceptors (Lipinski definition) is 4. The number of benzene rings is 1. The van der Waals surface area contributed by atoms with Gasteiger partial charge in [0.2, 0.25) is 0 Å². The van der Waals surface area contributed by atoms with Gasteiger partial charge >= 0.3 is 0 Å². The molecule has 1 heterocycles. The number of aromatic nitrogens is 1. The molecule has 3 N–H and O–H groups in total. The van der Waals surface area contributed by atoms with Gasteiger partial charge in [0, 0.05) is 18.3 Å². The molecule has 0 fully saturated rings. The predicted molar refractivity (Wildman–Crippen MR) is 80.4 cm³/mol. The van der Waals surface area contributed by atoms with Crippen LogP contribution in [0.5, 0.6) is 5.75 Å². The van der Waals surface area contributed by atoms with Gasteiger partial charge in [-0.25, -0.2) is 0 Å². The molecule has 0 aliphatic rings. The van der Waals surface area contributed by atoms with Crippen LogP contribution in [0.1, 0.15) is 18.2 Å². The summed E-state index contributed by atoms with van der Waals surface area (Å²) in [5, 5.41) is 0. The van der Waals surface area contributed by atoms with Crippen molar-refractivity contribution < 1.29 is 4.74 Å². The molecule has 0 amide bonds. The van der Waals surface area contributed by atoms with Crippen LogP contribution in [-0.2, 0) is 12.8 Å². The van der Waals surface area contributed by atoms with Gasteiger partial charge in [-0.05, 0) is 30.2 Å². The molecule has 4 heteroatoms. The molecule has 0 spiro atoms. The highest BCUT2D eigenvalue weighted by Crippen LogP contribution is 2.10. The number of hydrogen-bond donors (Lipinski definition) is 2. The topological polar surface area (TPSA) is 60.2 Å². The van der Waals surface area contributed by atoms with Crippen LogP contribution in [0.3, 0.4) is 0 Å². The molecule has 0 bridgehead atoms. The Balaban J connectivity index is 1.88. The average molecular weight is 271 g/mol. The highest BCUT2D eigenvalue weighted by Gasteiger charge is 2.09. The van der Waals surface area contributed by atoms with Crippen molar-refractivity contribution in [1.82, 2.24) is 10.4 Å². The zero-order valence-electron chi connectivity index (χ0n) is 11.8. The van der Waals surface area contributed by atoms with Crippen LogP contribution >= 0.6 is 0 Å². The monoisotopic (exact) mass is 271 g/mol. The van der Waals surface area contributed by atoms with Crippen molar-refractivity contribution in [3.8, 4) is 5.75 Å². The van der Waals surface area contributed by atoms with E-state index in [0.29, 0.717) is 6.61 Å². The third kappa shape index (κ3) is 4.33. The lowest BCUT2D eigenvalue weighted by Gasteiger charge is -2.16. The fourth-order valence-corrected chi connectivity index (χ4v) is 1.92. The number of rotatable bonds is 7. The maximum Gasteiger partial charge on any atom is 0.119 e. The number of pyridine rings is 1. The Hall–Kier alpha value is -1.91. The van der Waals surface area contributed by atoms with Crippen LogP contribution < -0.4 is 16.0 Å². The average Bonchev–Trinajstić information content (AvgIpc) is 2.53. The summed E-state index contributed by atoms with van der Waals surface area (Å²) in [6, 6.07) is 13.9. The van der Waals surface area contributed by atoms with E-state index in [1.165, 1.54) is 5.56 Å². The molecule has 20 heavy (non-hydrogen) atoms. The lowest BCUT2D eigenvalue weighted by molar-refractivity contribution is 0.263. The molecule has 1 atom stereocenters. The van der Waals surface area contributed by atoms with Crippen molar-refractivity contribution >= 4 is 0 Å². The molecule has 0 aliphatic heterocycles. The Bertz CT molecular complexity index is 499. The van der Waals surface area contributed by atoms with Crippen molar-refractivity contribution in [2.24, 2.45) is 5.84 Å². The summed E-state index contributed by atoms with van der Waals surface area (Å²) in [4.78, 5) is 4.44. The highest BCUT2D eigenvalue weighted by molar-refractivity contribution is 5.21. The molecule has 2 rings (SSSR count). The molecule has 0 aliphatic carbocycles. The summed E-state index contributed by atoms with van der Waals surface area (Å²) >= 11 is 0. The molecule has 4 nitrogen and oxygen atoms in total. The molecule has 0 radical (unpaired) electrons. The Morgan fingerprint density at radius 1 is 1.20 bits per heavy atom. The standard InChI is InChI=1S/C16H21N3O/c1-2-13-8-9-14(18-11-13)10-15(19-17)12-20-16-6-4-3-5-7-16/h3-9,11,15,19H,2,10,12,17H2,1H3. The third-order valence-corrected chi connectivity index (χ3v) is 3.18. The van der Waals surface area contributed by atoms with Gasteiger partial charge in [0.25, 0.3) is 0 Å². The van der Waals surface area contributed by atoms with Crippen molar-refractivity contribution in [2.75, 3.05) is 6.61 Å². The Morgan fingerprint density at radius 3 is 2.60 bits per heavy atom. The molecular formula is C16H21N3O. The third-order valence-electron chi connectivity index (χ3n) is 3.18. The molecule has 1 aromatic heterocycles. The molecule has 2 aromatic rings. The van der Waals surface area contributed by atoms with Crippen molar-refractivity contribution in [2.45, 2.75) is 25.8 Å². The molecular weight excluding hydrogens is 250 g/mol. The quantitative estimate of drug-likeness (QED) is 0.598. The zero-order chi connectivity index (χ0) is 14.2. The summed E-state index contributed by atoms with van der Waals surface area (Å²) in [6.45, 7) is 2.63. The number of ether oxygens (including phenoxy) is 1. The number of hydrazine groups is 1. The second-order valence-corrected chi connectivity index (χ2v) is 4.70. The fourth-order valence-electron chi connectivity index (χ4n) is 1.92. The van der Waals surface area contributed by atoms with Crippen LogP contribution in [0.2, 0.25) is 0 Å². The minimum atomic E-state index is 0.0372. The summed E-state index contributed by atoms with van der Waals surface area (Å²) in [7, 11) is 0. The number of nitrogens with one attached hydrogen (secondary N) is 1. The van der Waals surface area contributed by atoms with Crippen LogP contribution in [0.25, 0.3) is 0 Å². The molecule has 1 unspecified atom stereocenters. The Morgan fingerprint density at radius 2 is 2.00 bits per heavy atom. The summed E-state index contributed by atoms with van der Waals surface area (Å²) < 4.78 is 5.71. The summed E-state index contributed by atoms with van der Waals surface area (Å²) in [5.41, 5.74) is 5.04. The van der Waals surface area contributed by atoms with Crippen molar-refractivity contribution in [3.05, 3.63) is 59.9 Å². The van der Waals surface area contributed by atoms with E-state index < -0.39 is 0 Å². The molecule has 1 aromatic carbocycles. The van der Waals surface area contributed by atoms with E-state index in [1.54, 1.807) is 0 Å². The lowest BCUT2D eigenvalue weighted by Crippen LogP contribution is -2.41. The number of nitrogens with two attached hydrogens (primary N) is 1. The zero-order valence-corrected chi connectivity index (χ0v) is 11.8. The Labute approximate surface area is 120 Å². The van der Waals surface area contributed by atoms with Crippen molar-refractivity contribution in [3.63, 3.8) is 0 Å². The molecule has 106 valence electrons. The summed E-state index contributed by atoms with van der Waals surface area (Å²) in [5.74, 6) is 6.43. The van der Waals surface area contributed by atoms with E-state index in [1.807, 2.05) is 42.6 Å². The van der Waals surface area contributed by atoms with E-state index in [0.717, 1.165) is 24.3 Å². The molecule has 0 saturated carbocycles. The molecule has 0 saturated heterocycles. The van der Waals surface area contributed by atoms with Gasteiger partial charge in [-0.1, -0.05) is 31.2 Å². The normalized spacial score (nSPS) is 12.1. The first kappa shape index (κ1) is 14.5. The maximum absolute atomic E-state index is 5.71. The first-order valence-electron chi connectivity index (χ1n) is 6.89. The number of para-hydroxylation sites is 1. The minimum absolute atomic E-state index is 0.0372. The van der Waals surface area contributed by atoms with Gasteiger partial charge in [0.15, 0.2) is 0 Å². The minimum Gasteiger partial charge on any atom is -0.492 e. The van der Waals surface area contributed by atoms with E-state index >= 15 is 0 Å². The second-order valence-electron chi connectivity index (χ2n) is 4.70. The van der Waals surface area contributed by atoms with Gasteiger partial charge in [-0.15, -0.1) is 0 Å².